The highest BCUT2D eigenvalue weighted by atomic mass is 79.9. The minimum absolute atomic E-state index is 0.0904. The van der Waals surface area contributed by atoms with E-state index in [1.165, 1.54) is 0 Å². The van der Waals surface area contributed by atoms with E-state index in [4.69, 9.17) is 8.83 Å². The summed E-state index contributed by atoms with van der Waals surface area (Å²) in [4.78, 5) is 38.0. The van der Waals surface area contributed by atoms with Gasteiger partial charge in [0.1, 0.15) is 11.3 Å². The molecule has 0 aliphatic heterocycles. The van der Waals surface area contributed by atoms with Crippen LogP contribution in [-0.2, 0) is 17.6 Å². The smallest absolute Gasteiger partial charge is 0.305 e. The maximum Gasteiger partial charge on any atom is 0.305 e. The number of aryl methyl sites for hydroxylation is 3. The van der Waals surface area contributed by atoms with Gasteiger partial charge in [-0.2, -0.15) is 5.10 Å². The molecule has 0 atom stereocenters. The summed E-state index contributed by atoms with van der Waals surface area (Å²) in [6.45, 7) is 5.76. The molecule has 2 aromatic heterocycles. The molecule has 1 aliphatic rings. The number of nitrogens with zero attached hydrogens (tertiary/aromatic N) is 1. The number of benzene rings is 2. The number of furan rings is 2. The van der Waals surface area contributed by atoms with Crippen LogP contribution in [0.4, 0.5) is 0 Å². The molecule has 3 amide bonds. The van der Waals surface area contributed by atoms with Gasteiger partial charge in [-0.25, -0.2) is 5.43 Å². The second-order valence-electron chi connectivity index (χ2n) is 9.61. The van der Waals surface area contributed by atoms with E-state index in [0.29, 0.717) is 41.0 Å². The van der Waals surface area contributed by atoms with Crippen molar-refractivity contribution in [1.82, 2.24) is 16.3 Å². The Morgan fingerprint density at radius 2 is 1.74 bits per heavy atom. The van der Waals surface area contributed by atoms with Crippen molar-refractivity contribution in [1.29, 1.82) is 0 Å². The van der Waals surface area contributed by atoms with Crippen LogP contribution in [0.1, 0.15) is 67.3 Å². The van der Waals surface area contributed by atoms with Crippen molar-refractivity contribution < 1.29 is 23.2 Å². The molecule has 1 aliphatic carbocycles. The van der Waals surface area contributed by atoms with Gasteiger partial charge >= 0.3 is 5.91 Å². The van der Waals surface area contributed by atoms with Crippen LogP contribution in [0.5, 0.6) is 0 Å². The van der Waals surface area contributed by atoms with Crippen LogP contribution >= 0.6 is 15.9 Å². The van der Waals surface area contributed by atoms with Gasteiger partial charge in [-0.05, 0) is 75.1 Å². The Morgan fingerprint density at radius 3 is 2.51 bits per heavy atom. The number of halogens is 1. The number of carbonyl (C=O) groups excluding carboxylic acids is 3. The van der Waals surface area contributed by atoms with Crippen LogP contribution in [0, 0.1) is 20.8 Å². The van der Waals surface area contributed by atoms with Crippen LogP contribution in [-0.4, -0.2) is 23.4 Å². The van der Waals surface area contributed by atoms with Crippen molar-refractivity contribution in [3.8, 4) is 0 Å². The molecule has 2 aromatic carbocycles. The molecule has 200 valence electrons. The summed E-state index contributed by atoms with van der Waals surface area (Å²) in [6.07, 6.45) is 3.77. The van der Waals surface area contributed by atoms with Crippen LogP contribution in [0.25, 0.3) is 11.0 Å². The average Bonchev–Trinajstić information content (AvgIpc) is 3.47. The Kier molecular flexibility index (Phi) is 7.38. The number of hydrazone groups is 1. The average molecular weight is 591 g/mol. The molecule has 3 N–H and O–H groups in total. The van der Waals surface area contributed by atoms with E-state index in [-0.39, 0.29) is 18.1 Å². The van der Waals surface area contributed by atoms with Crippen LogP contribution < -0.4 is 16.3 Å². The third kappa shape index (κ3) is 5.51. The summed E-state index contributed by atoms with van der Waals surface area (Å²) in [5.41, 5.74) is 13.5. The quantitative estimate of drug-likeness (QED) is 0.276. The summed E-state index contributed by atoms with van der Waals surface area (Å²) in [5.74, 6) is -0.582. The second-order valence-corrected chi connectivity index (χ2v) is 10.5. The van der Waals surface area contributed by atoms with Crippen molar-refractivity contribution in [2.24, 2.45) is 5.10 Å². The lowest BCUT2D eigenvalue weighted by molar-refractivity contribution is -0.120. The standard InChI is InChI=1S/C29H27BrN4O5/c1-15-11-16(2)25-19(14-38-23(25)12-15)13-24(35)32-31-21-5-4-6-22-26(21)17(3)27(39-22)29(37)34-33-28(36)18-7-9-20(30)10-8-18/h7-12,14H,4-6,13H2,1-3H3,(H,32,35)(H,33,36)(H,34,37)/b31-21+. The molecule has 39 heavy (non-hydrogen) atoms. The molecular weight excluding hydrogens is 564 g/mol. The zero-order valence-electron chi connectivity index (χ0n) is 21.7. The van der Waals surface area contributed by atoms with E-state index in [0.717, 1.165) is 38.6 Å². The highest BCUT2D eigenvalue weighted by molar-refractivity contribution is 9.10. The molecule has 0 bridgehead atoms. The van der Waals surface area contributed by atoms with Gasteiger partial charge in [-0.15, -0.1) is 0 Å². The summed E-state index contributed by atoms with van der Waals surface area (Å²) in [5, 5.41) is 5.34. The van der Waals surface area contributed by atoms with E-state index in [9.17, 15) is 14.4 Å². The van der Waals surface area contributed by atoms with Crippen molar-refractivity contribution in [2.75, 3.05) is 0 Å². The molecule has 0 fully saturated rings. The second kappa shape index (κ2) is 10.9. The molecule has 5 rings (SSSR count). The number of hydrogen-bond acceptors (Lipinski definition) is 6. The number of nitrogens with one attached hydrogen (secondary N) is 3. The summed E-state index contributed by atoms with van der Waals surface area (Å²) >= 11 is 3.32. The Bertz CT molecular complexity index is 1630. The number of fused-ring (bicyclic) bond motifs is 2. The molecule has 10 heteroatoms. The minimum atomic E-state index is -0.576. The largest absolute Gasteiger partial charge is 0.464 e. The molecule has 4 aromatic rings. The van der Waals surface area contributed by atoms with Crippen LogP contribution in [0.2, 0.25) is 0 Å². The first-order chi connectivity index (χ1) is 18.7. The molecule has 0 radical (unpaired) electrons. The van der Waals surface area contributed by atoms with Gasteiger partial charge in [0.05, 0.1) is 18.4 Å². The lowest BCUT2D eigenvalue weighted by atomic mass is 9.93. The van der Waals surface area contributed by atoms with Gasteiger partial charge in [-0.3, -0.25) is 25.2 Å². The fourth-order valence-electron chi connectivity index (χ4n) is 4.94. The minimum Gasteiger partial charge on any atom is -0.464 e. The highest BCUT2D eigenvalue weighted by Crippen LogP contribution is 2.30. The molecule has 9 nitrogen and oxygen atoms in total. The Hall–Kier alpha value is -4.18. The first-order valence-corrected chi connectivity index (χ1v) is 13.3. The fourth-order valence-corrected chi connectivity index (χ4v) is 5.20. The normalized spacial score (nSPS) is 13.8. The maximum absolute atomic E-state index is 12.8. The van der Waals surface area contributed by atoms with Crippen LogP contribution in [0.15, 0.2) is 61.1 Å². The van der Waals surface area contributed by atoms with Crippen molar-refractivity contribution in [3.05, 3.63) is 92.0 Å². The van der Waals surface area contributed by atoms with E-state index in [2.05, 4.69) is 43.4 Å². The molecule has 0 unspecified atom stereocenters. The van der Waals surface area contributed by atoms with Gasteiger partial charge in [0.25, 0.3) is 5.91 Å². The van der Waals surface area contributed by atoms with Crippen molar-refractivity contribution in [3.63, 3.8) is 0 Å². The lowest BCUT2D eigenvalue weighted by Gasteiger charge is -2.13. The monoisotopic (exact) mass is 590 g/mol. The summed E-state index contributed by atoms with van der Waals surface area (Å²) in [6, 6.07) is 10.8. The third-order valence-corrected chi connectivity index (χ3v) is 7.22. The van der Waals surface area contributed by atoms with E-state index < -0.39 is 11.8 Å². The van der Waals surface area contributed by atoms with Crippen LogP contribution in [0.3, 0.4) is 0 Å². The Morgan fingerprint density at radius 1 is 1.00 bits per heavy atom. The molecule has 0 saturated heterocycles. The van der Waals surface area contributed by atoms with Crippen molar-refractivity contribution >= 4 is 50.3 Å². The van der Waals surface area contributed by atoms with E-state index in [1.54, 1.807) is 37.5 Å². The SMILES string of the molecule is Cc1cc(C)c2c(CC(=O)N/N=C3\CCCc4oc(C(=O)NNC(=O)c5ccc(Br)cc5)c(C)c43)coc2c1. The predicted molar refractivity (Wildman–Crippen MR) is 150 cm³/mol. The Labute approximate surface area is 233 Å². The zero-order chi connectivity index (χ0) is 27.7. The first kappa shape index (κ1) is 26.4. The summed E-state index contributed by atoms with van der Waals surface area (Å²) < 4.78 is 12.4. The van der Waals surface area contributed by atoms with E-state index >= 15 is 0 Å². The fraction of sp³-hybridized carbons (Fsp3) is 0.241. The van der Waals surface area contributed by atoms with Gasteiger partial charge < -0.3 is 8.83 Å². The molecule has 2 heterocycles. The molecular formula is C29H27BrN4O5. The van der Waals surface area contributed by atoms with Gasteiger partial charge in [-0.1, -0.05) is 22.0 Å². The zero-order valence-corrected chi connectivity index (χ0v) is 23.3. The molecule has 0 spiro atoms. The third-order valence-electron chi connectivity index (χ3n) is 6.69. The topological polar surface area (TPSA) is 126 Å². The number of rotatable bonds is 5. The maximum atomic E-state index is 12.8. The first-order valence-electron chi connectivity index (χ1n) is 12.5. The van der Waals surface area contributed by atoms with Crippen molar-refractivity contribution in [2.45, 2.75) is 46.5 Å². The lowest BCUT2D eigenvalue weighted by Crippen LogP contribution is -2.41. The highest BCUT2D eigenvalue weighted by Gasteiger charge is 2.28. The predicted octanol–water partition coefficient (Wildman–Crippen LogP) is 5.19. The van der Waals surface area contributed by atoms with Gasteiger partial charge in [0.2, 0.25) is 5.91 Å². The number of hydrazine groups is 1. The number of amides is 3. The number of hydrogen-bond donors (Lipinski definition) is 3. The number of carbonyl (C=O) groups is 3. The summed E-state index contributed by atoms with van der Waals surface area (Å²) in [7, 11) is 0. The molecule has 0 saturated carbocycles. The van der Waals surface area contributed by atoms with E-state index in [1.807, 2.05) is 19.9 Å². The van der Waals surface area contributed by atoms with Gasteiger partial charge in [0, 0.05) is 38.5 Å². The van der Waals surface area contributed by atoms with Gasteiger partial charge in [0.15, 0.2) is 5.76 Å². The Balaban J connectivity index is 1.27.